The van der Waals surface area contributed by atoms with E-state index < -0.39 is 5.91 Å². The van der Waals surface area contributed by atoms with Crippen molar-refractivity contribution in [1.82, 2.24) is 14.7 Å². The lowest BCUT2D eigenvalue weighted by Crippen LogP contribution is -2.32. The van der Waals surface area contributed by atoms with Crippen molar-refractivity contribution in [1.29, 1.82) is 5.26 Å². The Kier molecular flexibility index (Phi) is 5.18. The summed E-state index contributed by atoms with van der Waals surface area (Å²) in [5, 5.41) is 14.7. The lowest BCUT2D eigenvalue weighted by molar-refractivity contribution is 0.0936. The minimum atomic E-state index is -0.499. The number of hydrogen-bond acceptors (Lipinski definition) is 4. The third kappa shape index (κ3) is 3.65. The van der Waals surface area contributed by atoms with Crippen LogP contribution in [0, 0.1) is 11.3 Å². The van der Waals surface area contributed by atoms with Gasteiger partial charge in [0.2, 0.25) is 5.82 Å². The molecule has 2 heterocycles. The zero-order chi connectivity index (χ0) is 19.4. The normalized spacial score (nSPS) is 11.6. The number of anilines is 1. The van der Waals surface area contributed by atoms with E-state index in [1.807, 2.05) is 19.9 Å². The number of hydrogen-bond donors (Lipinski definition) is 2. The van der Waals surface area contributed by atoms with Crippen LogP contribution in [0.4, 0.5) is 5.69 Å². The molecule has 7 heteroatoms. The molecule has 0 fully saturated rings. The van der Waals surface area contributed by atoms with Gasteiger partial charge in [-0.2, -0.15) is 5.26 Å². The predicted octanol–water partition coefficient (Wildman–Crippen LogP) is 2.99. The SMILES string of the molecule is CCC(C)NC(=O)c1nc(C(=O)Nc2ccccc2C#N)n2ccccc12. The Hall–Kier alpha value is -3.66. The smallest absolute Gasteiger partial charge is 0.292 e. The number of para-hydroxylation sites is 1. The largest absolute Gasteiger partial charge is 0.348 e. The number of carbonyl (C=O) groups excluding carboxylic acids is 2. The Bertz CT molecular complexity index is 1050. The molecule has 1 unspecified atom stereocenters. The first-order chi connectivity index (χ1) is 13.0. The maximum Gasteiger partial charge on any atom is 0.292 e. The molecule has 0 bridgehead atoms. The fourth-order valence-electron chi connectivity index (χ4n) is 2.63. The molecule has 136 valence electrons. The molecule has 2 N–H and O–H groups in total. The fraction of sp³-hybridized carbons (Fsp3) is 0.200. The van der Waals surface area contributed by atoms with E-state index in [4.69, 9.17) is 0 Å². The third-order valence-electron chi connectivity index (χ3n) is 4.25. The first-order valence-electron chi connectivity index (χ1n) is 8.63. The van der Waals surface area contributed by atoms with Gasteiger partial charge in [-0.15, -0.1) is 0 Å². The van der Waals surface area contributed by atoms with Gasteiger partial charge in [0.25, 0.3) is 11.8 Å². The van der Waals surface area contributed by atoms with Crippen molar-refractivity contribution in [3.63, 3.8) is 0 Å². The number of pyridine rings is 1. The van der Waals surface area contributed by atoms with Crippen molar-refractivity contribution in [2.45, 2.75) is 26.3 Å². The molecule has 3 rings (SSSR count). The van der Waals surface area contributed by atoms with Crippen LogP contribution in [-0.4, -0.2) is 27.2 Å². The van der Waals surface area contributed by atoms with Gasteiger partial charge in [0, 0.05) is 12.2 Å². The third-order valence-corrected chi connectivity index (χ3v) is 4.25. The summed E-state index contributed by atoms with van der Waals surface area (Å²) < 4.78 is 1.57. The quantitative estimate of drug-likeness (QED) is 0.730. The van der Waals surface area contributed by atoms with Crippen LogP contribution in [0.2, 0.25) is 0 Å². The fourth-order valence-corrected chi connectivity index (χ4v) is 2.63. The summed E-state index contributed by atoms with van der Waals surface area (Å²) in [6.45, 7) is 3.88. The Morgan fingerprint density at radius 2 is 1.93 bits per heavy atom. The van der Waals surface area contributed by atoms with Crippen LogP contribution in [0.5, 0.6) is 0 Å². The van der Waals surface area contributed by atoms with Gasteiger partial charge in [0.05, 0.1) is 16.8 Å². The molecular weight excluding hydrogens is 342 g/mol. The summed E-state index contributed by atoms with van der Waals surface area (Å²) >= 11 is 0. The molecule has 0 saturated carbocycles. The summed E-state index contributed by atoms with van der Waals surface area (Å²) in [7, 11) is 0. The highest BCUT2D eigenvalue weighted by molar-refractivity contribution is 6.06. The van der Waals surface area contributed by atoms with Crippen LogP contribution >= 0.6 is 0 Å². The van der Waals surface area contributed by atoms with Crippen molar-refractivity contribution >= 4 is 23.0 Å². The van der Waals surface area contributed by atoms with Crippen molar-refractivity contribution in [2.24, 2.45) is 0 Å². The number of benzene rings is 1. The Balaban J connectivity index is 1.98. The second-order valence-corrected chi connectivity index (χ2v) is 6.13. The number of fused-ring (bicyclic) bond motifs is 1. The van der Waals surface area contributed by atoms with E-state index in [9.17, 15) is 14.9 Å². The molecule has 0 aliphatic rings. The highest BCUT2D eigenvalue weighted by Gasteiger charge is 2.22. The predicted molar refractivity (Wildman–Crippen MR) is 102 cm³/mol. The van der Waals surface area contributed by atoms with Gasteiger partial charge in [-0.25, -0.2) is 4.98 Å². The van der Waals surface area contributed by atoms with Crippen LogP contribution in [0.3, 0.4) is 0 Å². The molecule has 0 aliphatic heterocycles. The van der Waals surface area contributed by atoms with Crippen LogP contribution in [0.1, 0.15) is 46.9 Å². The van der Waals surface area contributed by atoms with E-state index >= 15 is 0 Å². The topological polar surface area (TPSA) is 99.3 Å². The van der Waals surface area contributed by atoms with Gasteiger partial charge in [-0.1, -0.05) is 25.1 Å². The zero-order valence-electron chi connectivity index (χ0n) is 15.1. The van der Waals surface area contributed by atoms with Gasteiger partial charge in [-0.05, 0) is 37.6 Å². The highest BCUT2D eigenvalue weighted by atomic mass is 16.2. The van der Waals surface area contributed by atoms with Crippen molar-refractivity contribution in [2.75, 3.05) is 5.32 Å². The van der Waals surface area contributed by atoms with Gasteiger partial charge in [0.1, 0.15) is 6.07 Å². The minimum Gasteiger partial charge on any atom is -0.348 e. The van der Waals surface area contributed by atoms with Gasteiger partial charge in [-0.3, -0.25) is 14.0 Å². The van der Waals surface area contributed by atoms with Gasteiger partial charge < -0.3 is 10.6 Å². The maximum absolute atomic E-state index is 12.8. The number of nitrogens with one attached hydrogen (secondary N) is 2. The van der Waals surface area contributed by atoms with Crippen molar-refractivity contribution < 1.29 is 9.59 Å². The van der Waals surface area contributed by atoms with E-state index in [-0.39, 0.29) is 23.5 Å². The maximum atomic E-state index is 12.8. The molecule has 2 aromatic heterocycles. The molecule has 3 aromatic rings. The second kappa shape index (κ2) is 7.70. The van der Waals surface area contributed by atoms with Crippen molar-refractivity contribution in [3.05, 3.63) is 65.7 Å². The monoisotopic (exact) mass is 361 g/mol. The number of carbonyl (C=O) groups is 2. The average Bonchev–Trinajstić information content (AvgIpc) is 3.08. The van der Waals surface area contributed by atoms with E-state index in [1.165, 1.54) is 0 Å². The van der Waals surface area contributed by atoms with E-state index in [2.05, 4.69) is 15.6 Å². The average molecular weight is 361 g/mol. The Morgan fingerprint density at radius 1 is 1.19 bits per heavy atom. The van der Waals surface area contributed by atoms with Crippen LogP contribution in [0.15, 0.2) is 48.7 Å². The summed E-state index contributed by atoms with van der Waals surface area (Å²) in [5.74, 6) is -0.751. The lowest BCUT2D eigenvalue weighted by Gasteiger charge is -2.09. The number of aromatic nitrogens is 2. The molecule has 27 heavy (non-hydrogen) atoms. The Morgan fingerprint density at radius 3 is 2.67 bits per heavy atom. The van der Waals surface area contributed by atoms with Gasteiger partial charge >= 0.3 is 0 Å². The molecule has 0 aliphatic carbocycles. The summed E-state index contributed by atoms with van der Waals surface area (Å²) in [4.78, 5) is 29.6. The van der Waals surface area contributed by atoms with Crippen LogP contribution in [-0.2, 0) is 0 Å². The summed E-state index contributed by atoms with van der Waals surface area (Å²) in [5.41, 5.74) is 1.47. The molecule has 0 spiro atoms. The number of imidazole rings is 1. The first kappa shape index (κ1) is 18.1. The molecule has 1 aromatic carbocycles. The Labute approximate surface area is 156 Å². The van der Waals surface area contributed by atoms with E-state index in [0.717, 1.165) is 6.42 Å². The number of rotatable bonds is 5. The number of nitrogens with zero attached hydrogens (tertiary/aromatic N) is 3. The molecule has 1 atom stereocenters. The van der Waals surface area contributed by atoms with E-state index in [0.29, 0.717) is 16.8 Å². The van der Waals surface area contributed by atoms with Crippen LogP contribution in [0.25, 0.3) is 5.52 Å². The first-order valence-corrected chi connectivity index (χ1v) is 8.63. The standard InChI is InChI=1S/C20H19N5O2/c1-3-13(2)22-19(26)17-16-10-6-7-11-25(16)18(24-17)20(27)23-15-9-5-4-8-14(15)12-21/h4-11,13H,3H2,1-2H3,(H,22,26)(H,23,27). The number of nitriles is 1. The lowest BCUT2D eigenvalue weighted by atomic mass is 10.2. The highest BCUT2D eigenvalue weighted by Crippen LogP contribution is 2.18. The molecule has 0 saturated heterocycles. The molecule has 0 radical (unpaired) electrons. The summed E-state index contributed by atoms with van der Waals surface area (Å²) in [6.07, 6.45) is 2.46. The zero-order valence-corrected chi connectivity index (χ0v) is 15.1. The van der Waals surface area contributed by atoms with Crippen LogP contribution < -0.4 is 10.6 Å². The molecule has 2 amide bonds. The molecular formula is C20H19N5O2. The summed E-state index contributed by atoms with van der Waals surface area (Å²) in [6, 6.07) is 14.0. The minimum absolute atomic E-state index is 0.00209. The number of amides is 2. The van der Waals surface area contributed by atoms with E-state index in [1.54, 1.807) is 53.1 Å². The molecule has 7 nitrogen and oxygen atoms in total. The van der Waals surface area contributed by atoms with Crippen molar-refractivity contribution in [3.8, 4) is 6.07 Å². The van der Waals surface area contributed by atoms with Gasteiger partial charge in [0.15, 0.2) is 5.69 Å². The second-order valence-electron chi connectivity index (χ2n) is 6.13.